The van der Waals surface area contributed by atoms with E-state index in [2.05, 4.69) is 32.7 Å². The summed E-state index contributed by atoms with van der Waals surface area (Å²) in [7, 11) is 0. The number of ether oxygens (including phenoxy) is 1. The Morgan fingerprint density at radius 3 is 2.62 bits per heavy atom. The van der Waals surface area contributed by atoms with E-state index in [0.717, 1.165) is 13.0 Å². The van der Waals surface area contributed by atoms with Gasteiger partial charge in [-0.05, 0) is 26.3 Å². The number of nitrogens with one attached hydrogen (secondary N) is 1. The van der Waals surface area contributed by atoms with Crippen LogP contribution in [0, 0.1) is 0 Å². The van der Waals surface area contributed by atoms with E-state index in [1.54, 1.807) is 6.08 Å². The van der Waals surface area contributed by atoms with E-state index in [-0.39, 0.29) is 0 Å². The Morgan fingerprint density at radius 1 is 1.38 bits per heavy atom. The maximum Gasteiger partial charge on any atom is 0.0648 e. The third-order valence-corrected chi connectivity index (χ3v) is 1.84. The lowest BCUT2D eigenvalue weighted by Crippen LogP contribution is -2.24. The average Bonchev–Trinajstić information content (AvgIpc) is 2.08. The van der Waals surface area contributed by atoms with Crippen LogP contribution in [0.4, 0.5) is 0 Å². The molecule has 0 amide bonds. The van der Waals surface area contributed by atoms with Gasteiger partial charge in [-0.2, -0.15) is 0 Å². The lowest BCUT2D eigenvalue weighted by Gasteiger charge is -2.12. The van der Waals surface area contributed by atoms with E-state index in [4.69, 9.17) is 4.74 Å². The van der Waals surface area contributed by atoms with Crippen LogP contribution < -0.4 is 5.32 Å². The summed E-state index contributed by atoms with van der Waals surface area (Å²) in [6.45, 7) is 11.8. The highest BCUT2D eigenvalue weighted by Gasteiger charge is 2.00. The summed E-state index contributed by atoms with van der Waals surface area (Å²) in [6, 6.07) is 0.587. The molecule has 0 radical (unpaired) electrons. The molecular weight excluding hydrogens is 162 g/mol. The standard InChI is InChI=1S/C11H23NO/c1-5-9-13-11(4)7-6-8-12-10(2)3/h5,10-12H,1,6-9H2,2-4H3. The van der Waals surface area contributed by atoms with Gasteiger partial charge in [0.1, 0.15) is 0 Å². The molecule has 0 saturated heterocycles. The van der Waals surface area contributed by atoms with Crippen molar-refractivity contribution in [1.29, 1.82) is 0 Å². The predicted octanol–water partition coefficient (Wildman–Crippen LogP) is 2.36. The Labute approximate surface area is 82.4 Å². The lowest BCUT2D eigenvalue weighted by molar-refractivity contribution is 0.0804. The van der Waals surface area contributed by atoms with Crippen LogP contribution in [0.25, 0.3) is 0 Å². The molecule has 0 aliphatic carbocycles. The predicted molar refractivity (Wildman–Crippen MR) is 58.0 cm³/mol. The minimum Gasteiger partial charge on any atom is -0.374 e. The first-order chi connectivity index (χ1) is 6.16. The first kappa shape index (κ1) is 12.7. The van der Waals surface area contributed by atoms with Gasteiger partial charge in [-0.3, -0.25) is 0 Å². The monoisotopic (exact) mass is 185 g/mol. The molecule has 1 unspecified atom stereocenters. The number of hydrogen-bond acceptors (Lipinski definition) is 2. The van der Waals surface area contributed by atoms with E-state index in [9.17, 15) is 0 Å². The number of hydrogen-bond donors (Lipinski definition) is 1. The van der Waals surface area contributed by atoms with E-state index < -0.39 is 0 Å². The summed E-state index contributed by atoms with van der Waals surface area (Å²) in [5.74, 6) is 0. The largest absolute Gasteiger partial charge is 0.374 e. The van der Waals surface area contributed by atoms with Gasteiger partial charge in [0, 0.05) is 6.04 Å². The summed E-state index contributed by atoms with van der Waals surface area (Å²) in [6.07, 6.45) is 4.44. The first-order valence-electron chi connectivity index (χ1n) is 5.12. The van der Waals surface area contributed by atoms with Crippen molar-refractivity contribution < 1.29 is 4.74 Å². The van der Waals surface area contributed by atoms with Gasteiger partial charge in [0.25, 0.3) is 0 Å². The van der Waals surface area contributed by atoms with Crippen LogP contribution in [0.3, 0.4) is 0 Å². The summed E-state index contributed by atoms with van der Waals surface area (Å²) in [4.78, 5) is 0. The van der Waals surface area contributed by atoms with Gasteiger partial charge >= 0.3 is 0 Å². The Bertz CT molecular complexity index is 123. The van der Waals surface area contributed by atoms with E-state index in [0.29, 0.717) is 18.8 Å². The summed E-state index contributed by atoms with van der Waals surface area (Å²) in [5, 5.41) is 3.38. The molecule has 0 spiro atoms. The van der Waals surface area contributed by atoms with Gasteiger partial charge < -0.3 is 10.1 Å². The van der Waals surface area contributed by atoms with Crippen molar-refractivity contribution in [2.45, 2.75) is 45.8 Å². The summed E-state index contributed by atoms with van der Waals surface area (Å²) < 4.78 is 5.45. The van der Waals surface area contributed by atoms with Gasteiger partial charge in [-0.15, -0.1) is 6.58 Å². The Kier molecular flexibility index (Phi) is 8.05. The van der Waals surface area contributed by atoms with Crippen molar-refractivity contribution in [2.24, 2.45) is 0 Å². The normalized spacial score (nSPS) is 13.2. The fraction of sp³-hybridized carbons (Fsp3) is 0.818. The molecule has 2 heteroatoms. The molecule has 0 saturated carbocycles. The van der Waals surface area contributed by atoms with Gasteiger partial charge in [0.15, 0.2) is 0 Å². The van der Waals surface area contributed by atoms with E-state index >= 15 is 0 Å². The van der Waals surface area contributed by atoms with E-state index in [1.807, 2.05) is 0 Å². The quantitative estimate of drug-likeness (QED) is 0.463. The smallest absolute Gasteiger partial charge is 0.0648 e. The Balaban J connectivity index is 3.16. The van der Waals surface area contributed by atoms with Crippen LogP contribution in [0.2, 0.25) is 0 Å². The van der Waals surface area contributed by atoms with Crippen LogP contribution in [0.1, 0.15) is 33.6 Å². The van der Waals surface area contributed by atoms with Gasteiger partial charge in [0.2, 0.25) is 0 Å². The Hall–Kier alpha value is -0.340. The fourth-order valence-corrected chi connectivity index (χ4v) is 1.10. The van der Waals surface area contributed by atoms with Gasteiger partial charge in [0.05, 0.1) is 12.7 Å². The highest BCUT2D eigenvalue weighted by Crippen LogP contribution is 2.00. The fourth-order valence-electron chi connectivity index (χ4n) is 1.10. The third-order valence-electron chi connectivity index (χ3n) is 1.84. The molecule has 1 atom stereocenters. The molecule has 1 N–H and O–H groups in total. The minimum absolute atomic E-state index is 0.354. The maximum absolute atomic E-state index is 5.45. The molecule has 0 rings (SSSR count). The van der Waals surface area contributed by atoms with Crippen LogP contribution in [0.15, 0.2) is 12.7 Å². The molecule has 0 bridgehead atoms. The zero-order chi connectivity index (χ0) is 10.1. The highest BCUT2D eigenvalue weighted by atomic mass is 16.5. The Morgan fingerprint density at radius 2 is 2.08 bits per heavy atom. The average molecular weight is 185 g/mol. The van der Waals surface area contributed by atoms with Crippen molar-refractivity contribution in [2.75, 3.05) is 13.2 Å². The highest BCUT2D eigenvalue weighted by molar-refractivity contribution is 4.65. The topological polar surface area (TPSA) is 21.3 Å². The van der Waals surface area contributed by atoms with Crippen molar-refractivity contribution in [3.05, 3.63) is 12.7 Å². The second-order valence-electron chi connectivity index (χ2n) is 3.68. The SMILES string of the molecule is C=CCOC(C)CCCNC(C)C. The van der Waals surface area contributed by atoms with Crippen molar-refractivity contribution in [1.82, 2.24) is 5.32 Å². The van der Waals surface area contributed by atoms with Crippen LogP contribution >= 0.6 is 0 Å². The second kappa shape index (κ2) is 8.27. The van der Waals surface area contributed by atoms with Crippen LogP contribution in [-0.2, 0) is 4.74 Å². The molecule has 0 aromatic carbocycles. The molecule has 0 aliphatic heterocycles. The lowest BCUT2D eigenvalue weighted by atomic mass is 10.2. The first-order valence-corrected chi connectivity index (χ1v) is 5.12. The van der Waals surface area contributed by atoms with Crippen molar-refractivity contribution >= 4 is 0 Å². The van der Waals surface area contributed by atoms with Gasteiger partial charge in [-0.1, -0.05) is 19.9 Å². The van der Waals surface area contributed by atoms with Gasteiger partial charge in [-0.25, -0.2) is 0 Å². The molecule has 13 heavy (non-hydrogen) atoms. The molecule has 0 aliphatic rings. The van der Waals surface area contributed by atoms with Crippen molar-refractivity contribution in [3.63, 3.8) is 0 Å². The molecule has 0 aromatic rings. The van der Waals surface area contributed by atoms with E-state index in [1.165, 1.54) is 6.42 Å². The van der Waals surface area contributed by atoms with Crippen LogP contribution in [0.5, 0.6) is 0 Å². The zero-order valence-electron chi connectivity index (χ0n) is 9.18. The summed E-state index contributed by atoms with van der Waals surface area (Å²) in [5.41, 5.74) is 0. The molecular formula is C11H23NO. The third kappa shape index (κ3) is 9.57. The molecule has 0 aromatic heterocycles. The summed E-state index contributed by atoms with van der Waals surface area (Å²) >= 11 is 0. The molecule has 0 fully saturated rings. The van der Waals surface area contributed by atoms with Crippen LogP contribution in [-0.4, -0.2) is 25.3 Å². The van der Waals surface area contributed by atoms with Crippen molar-refractivity contribution in [3.8, 4) is 0 Å². The number of rotatable bonds is 8. The second-order valence-corrected chi connectivity index (χ2v) is 3.68. The zero-order valence-corrected chi connectivity index (χ0v) is 9.18. The maximum atomic E-state index is 5.45. The minimum atomic E-state index is 0.354. The molecule has 78 valence electrons. The molecule has 2 nitrogen and oxygen atoms in total. The molecule has 0 heterocycles.